The molecule has 0 radical (unpaired) electrons. The first-order valence-corrected chi connectivity index (χ1v) is 6.66. The van der Waals surface area contributed by atoms with E-state index in [1.807, 2.05) is 0 Å². The van der Waals surface area contributed by atoms with Crippen LogP contribution in [-0.2, 0) is 11.2 Å². The fourth-order valence-electron chi connectivity index (χ4n) is 1.75. The van der Waals surface area contributed by atoms with Crippen molar-refractivity contribution in [2.45, 2.75) is 12.8 Å². The zero-order valence-electron chi connectivity index (χ0n) is 11.0. The highest BCUT2D eigenvalue weighted by atomic mass is 35.5. The summed E-state index contributed by atoms with van der Waals surface area (Å²) in [5.74, 6) is -1.11. The van der Waals surface area contributed by atoms with Crippen molar-refractivity contribution in [1.82, 2.24) is 4.98 Å². The number of amides is 1. The van der Waals surface area contributed by atoms with Crippen LogP contribution in [0, 0.1) is 0 Å². The number of halogens is 1. The Kier molecular flexibility index (Phi) is 4.90. The molecule has 2 N–H and O–H groups in total. The maximum Gasteiger partial charge on any atom is 0.303 e. The SMILES string of the molecule is O=C(O)CCc1ccc(NC(=O)c2ccnc(Cl)c2)cc1. The predicted molar refractivity (Wildman–Crippen MR) is 79.6 cm³/mol. The van der Waals surface area contributed by atoms with E-state index in [-0.39, 0.29) is 17.5 Å². The number of anilines is 1. The summed E-state index contributed by atoms with van der Waals surface area (Å²) < 4.78 is 0. The van der Waals surface area contributed by atoms with E-state index in [4.69, 9.17) is 16.7 Å². The lowest BCUT2D eigenvalue weighted by Crippen LogP contribution is -2.12. The topological polar surface area (TPSA) is 79.3 Å². The Labute approximate surface area is 126 Å². The second kappa shape index (κ2) is 6.85. The van der Waals surface area contributed by atoms with Gasteiger partial charge in [-0.25, -0.2) is 4.98 Å². The molecule has 2 rings (SSSR count). The third-order valence-electron chi connectivity index (χ3n) is 2.83. The third kappa shape index (κ3) is 4.57. The zero-order valence-corrected chi connectivity index (χ0v) is 11.8. The number of benzene rings is 1. The Morgan fingerprint density at radius 3 is 2.52 bits per heavy atom. The summed E-state index contributed by atoms with van der Waals surface area (Å²) in [5, 5.41) is 11.6. The highest BCUT2D eigenvalue weighted by Crippen LogP contribution is 2.14. The molecular weight excluding hydrogens is 292 g/mol. The van der Waals surface area contributed by atoms with Crippen molar-refractivity contribution < 1.29 is 14.7 Å². The van der Waals surface area contributed by atoms with Gasteiger partial charge in [0.05, 0.1) is 0 Å². The quantitative estimate of drug-likeness (QED) is 0.832. The van der Waals surface area contributed by atoms with Gasteiger partial charge in [-0.2, -0.15) is 0 Å². The number of carboxylic acids is 1. The molecule has 0 unspecified atom stereocenters. The van der Waals surface area contributed by atoms with Crippen LogP contribution in [0.4, 0.5) is 5.69 Å². The number of rotatable bonds is 5. The van der Waals surface area contributed by atoms with Crippen molar-refractivity contribution in [1.29, 1.82) is 0 Å². The van der Waals surface area contributed by atoms with Crippen LogP contribution in [0.1, 0.15) is 22.3 Å². The summed E-state index contributed by atoms with van der Waals surface area (Å²) in [7, 11) is 0. The van der Waals surface area contributed by atoms with Crippen molar-refractivity contribution >= 4 is 29.2 Å². The van der Waals surface area contributed by atoms with E-state index in [1.165, 1.54) is 12.3 Å². The van der Waals surface area contributed by atoms with Crippen LogP contribution >= 0.6 is 11.6 Å². The van der Waals surface area contributed by atoms with Crippen molar-refractivity contribution in [3.63, 3.8) is 0 Å². The molecule has 6 heteroatoms. The van der Waals surface area contributed by atoms with Gasteiger partial charge in [-0.05, 0) is 36.2 Å². The first-order chi connectivity index (χ1) is 10.0. The summed E-state index contributed by atoms with van der Waals surface area (Å²) in [6.07, 6.45) is 2.01. The average Bonchev–Trinajstić information content (AvgIpc) is 2.46. The van der Waals surface area contributed by atoms with Crippen LogP contribution in [-0.4, -0.2) is 22.0 Å². The summed E-state index contributed by atoms with van der Waals surface area (Å²) in [5.41, 5.74) is 1.96. The minimum atomic E-state index is -0.832. The lowest BCUT2D eigenvalue weighted by molar-refractivity contribution is -0.136. The van der Waals surface area contributed by atoms with E-state index in [0.29, 0.717) is 17.7 Å². The van der Waals surface area contributed by atoms with Gasteiger partial charge in [-0.1, -0.05) is 23.7 Å². The molecule has 0 atom stereocenters. The molecule has 5 nitrogen and oxygen atoms in total. The van der Waals surface area contributed by atoms with Crippen molar-refractivity contribution in [2.24, 2.45) is 0 Å². The lowest BCUT2D eigenvalue weighted by atomic mass is 10.1. The number of hydrogen-bond donors (Lipinski definition) is 2. The van der Waals surface area contributed by atoms with Crippen molar-refractivity contribution in [2.75, 3.05) is 5.32 Å². The number of nitrogens with zero attached hydrogens (tertiary/aromatic N) is 1. The lowest BCUT2D eigenvalue weighted by Gasteiger charge is -2.06. The second-order valence-electron chi connectivity index (χ2n) is 4.41. The Bertz CT molecular complexity index is 656. The number of pyridine rings is 1. The number of nitrogens with one attached hydrogen (secondary N) is 1. The number of carbonyl (C=O) groups excluding carboxylic acids is 1. The molecule has 0 saturated carbocycles. The number of hydrogen-bond acceptors (Lipinski definition) is 3. The fourth-order valence-corrected chi connectivity index (χ4v) is 1.93. The molecule has 0 saturated heterocycles. The molecular formula is C15H13ClN2O3. The van der Waals surface area contributed by atoms with E-state index in [9.17, 15) is 9.59 Å². The molecule has 108 valence electrons. The molecule has 1 heterocycles. The molecule has 0 aliphatic heterocycles. The average molecular weight is 305 g/mol. The molecule has 1 amide bonds. The molecule has 0 spiro atoms. The highest BCUT2D eigenvalue weighted by molar-refractivity contribution is 6.29. The summed E-state index contributed by atoms with van der Waals surface area (Å²) in [6.45, 7) is 0. The van der Waals surface area contributed by atoms with E-state index in [0.717, 1.165) is 5.56 Å². The van der Waals surface area contributed by atoms with Gasteiger partial charge in [-0.15, -0.1) is 0 Å². The second-order valence-corrected chi connectivity index (χ2v) is 4.80. The molecule has 0 bridgehead atoms. The van der Waals surface area contributed by atoms with Crippen LogP contribution in [0.5, 0.6) is 0 Å². The Hall–Kier alpha value is -2.40. The van der Waals surface area contributed by atoms with Gasteiger partial charge >= 0.3 is 5.97 Å². The molecule has 0 aliphatic rings. The summed E-state index contributed by atoms with van der Waals surface area (Å²) >= 11 is 5.73. The van der Waals surface area contributed by atoms with Gasteiger partial charge in [0, 0.05) is 23.9 Å². The van der Waals surface area contributed by atoms with Gasteiger partial charge in [0.1, 0.15) is 5.15 Å². The normalized spacial score (nSPS) is 10.1. The number of carboxylic acid groups (broad SMARTS) is 1. The van der Waals surface area contributed by atoms with Gasteiger partial charge < -0.3 is 10.4 Å². The maximum atomic E-state index is 12.0. The van der Waals surface area contributed by atoms with Gasteiger partial charge in [0.2, 0.25) is 0 Å². The molecule has 0 fully saturated rings. The van der Waals surface area contributed by atoms with E-state index >= 15 is 0 Å². The maximum absolute atomic E-state index is 12.0. The third-order valence-corrected chi connectivity index (χ3v) is 3.03. The summed E-state index contributed by atoms with van der Waals surface area (Å²) in [6, 6.07) is 10.1. The minimum Gasteiger partial charge on any atom is -0.481 e. The number of carbonyl (C=O) groups is 2. The van der Waals surface area contributed by atoms with Crippen molar-refractivity contribution in [3.8, 4) is 0 Å². The van der Waals surface area contributed by atoms with E-state index in [2.05, 4.69) is 10.3 Å². The molecule has 0 aliphatic carbocycles. The number of aryl methyl sites for hydroxylation is 1. The van der Waals surface area contributed by atoms with Crippen molar-refractivity contribution in [3.05, 3.63) is 58.9 Å². The minimum absolute atomic E-state index is 0.0845. The van der Waals surface area contributed by atoms with Crippen LogP contribution in [0.15, 0.2) is 42.6 Å². The molecule has 2 aromatic rings. The molecule has 21 heavy (non-hydrogen) atoms. The molecule has 1 aromatic carbocycles. The zero-order chi connectivity index (χ0) is 15.2. The fraction of sp³-hybridized carbons (Fsp3) is 0.133. The van der Waals surface area contributed by atoms with Crippen LogP contribution in [0.3, 0.4) is 0 Å². The van der Waals surface area contributed by atoms with Crippen LogP contribution in [0.25, 0.3) is 0 Å². The van der Waals surface area contributed by atoms with E-state index < -0.39 is 5.97 Å². The standard InChI is InChI=1S/C15H13ClN2O3/c16-13-9-11(7-8-17-13)15(21)18-12-4-1-10(2-5-12)3-6-14(19)20/h1-2,4-5,7-9H,3,6H2,(H,18,21)(H,19,20). The van der Waals surface area contributed by atoms with Gasteiger partial charge in [-0.3, -0.25) is 9.59 Å². The predicted octanol–water partition coefficient (Wildman–Crippen LogP) is 3.00. The first kappa shape index (κ1) is 15.0. The Balaban J connectivity index is 2.00. The van der Waals surface area contributed by atoms with Gasteiger partial charge in [0.15, 0.2) is 0 Å². The Morgan fingerprint density at radius 2 is 1.90 bits per heavy atom. The monoisotopic (exact) mass is 304 g/mol. The Morgan fingerprint density at radius 1 is 1.19 bits per heavy atom. The smallest absolute Gasteiger partial charge is 0.303 e. The van der Waals surface area contributed by atoms with E-state index in [1.54, 1.807) is 30.3 Å². The number of aliphatic carboxylic acids is 1. The molecule has 1 aromatic heterocycles. The van der Waals surface area contributed by atoms with Crippen LogP contribution < -0.4 is 5.32 Å². The first-order valence-electron chi connectivity index (χ1n) is 6.28. The summed E-state index contributed by atoms with van der Waals surface area (Å²) in [4.78, 5) is 26.3. The highest BCUT2D eigenvalue weighted by Gasteiger charge is 2.07. The van der Waals surface area contributed by atoms with Crippen LogP contribution in [0.2, 0.25) is 5.15 Å². The number of aromatic nitrogens is 1. The largest absolute Gasteiger partial charge is 0.481 e. The van der Waals surface area contributed by atoms with Gasteiger partial charge in [0.25, 0.3) is 5.91 Å².